The lowest BCUT2D eigenvalue weighted by molar-refractivity contribution is 0.189. The van der Waals surface area contributed by atoms with Gasteiger partial charge in [-0.2, -0.15) is 5.10 Å². The second-order valence-corrected chi connectivity index (χ2v) is 14.0. The summed E-state index contributed by atoms with van der Waals surface area (Å²) >= 11 is 6.70. The van der Waals surface area contributed by atoms with Crippen LogP contribution in [0.1, 0.15) is 23.0 Å². The Kier molecular flexibility index (Phi) is 9.59. The van der Waals surface area contributed by atoms with Gasteiger partial charge >= 0.3 is 6.09 Å². The lowest BCUT2D eigenvalue weighted by Crippen LogP contribution is -2.35. The van der Waals surface area contributed by atoms with Gasteiger partial charge in [0.1, 0.15) is 45.7 Å². The zero-order valence-electron chi connectivity index (χ0n) is 27.4. The van der Waals surface area contributed by atoms with E-state index in [2.05, 4.69) is 15.4 Å². The molecule has 4 aromatic carbocycles. The van der Waals surface area contributed by atoms with Gasteiger partial charge in [-0.3, -0.25) is 14.0 Å². The molecule has 0 unspecified atom stereocenters. The maximum absolute atomic E-state index is 15.3. The zero-order valence-corrected chi connectivity index (χ0v) is 28.9. The van der Waals surface area contributed by atoms with Gasteiger partial charge in [-0.1, -0.05) is 23.7 Å². The smallest absolute Gasteiger partial charge is 0.405 e. The second kappa shape index (κ2) is 13.8. The highest BCUT2D eigenvalue weighted by molar-refractivity contribution is 7.92. The number of halogens is 5. The highest BCUT2D eigenvalue weighted by atomic mass is 35.5. The molecular weight excluding hydrogens is 732 g/mol. The Morgan fingerprint density at radius 3 is 2.25 bits per heavy atom. The molecule has 1 atom stereocenters. The number of sulfonamides is 1. The number of benzene rings is 4. The predicted octanol–water partition coefficient (Wildman–Crippen LogP) is 6.01. The fraction of sp³-hybridized carbons (Fsp3) is 0.176. The zero-order chi connectivity index (χ0) is 37.6. The molecule has 0 spiro atoms. The van der Waals surface area contributed by atoms with E-state index in [9.17, 15) is 31.9 Å². The molecule has 52 heavy (non-hydrogen) atoms. The van der Waals surface area contributed by atoms with Crippen molar-refractivity contribution in [1.29, 1.82) is 0 Å². The summed E-state index contributed by atoms with van der Waals surface area (Å²) in [6, 6.07) is 11.5. The molecular formula is C34H27ClF4N6O6S. The van der Waals surface area contributed by atoms with Crippen molar-refractivity contribution in [3.63, 3.8) is 0 Å². The first-order valence-electron chi connectivity index (χ1n) is 15.2. The summed E-state index contributed by atoms with van der Waals surface area (Å²) in [5.74, 6) is -4.34. The average molecular weight is 759 g/mol. The van der Waals surface area contributed by atoms with Gasteiger partial charge < -0.3 is 15.2 Å². The fourth-order valence-electron chi connectivity index (χ4n) is 5.96. The Hall–Kier alpha value is -5.68. The molecule has 6 aromatic rings. The lowest BCUT2D eigenvalue weighted by Gasteiger charge is -2.23. The largest absolute Gasteiger partial charge is 0.497 e. The number of nitrogens with one attached hydrogen (secondary N) is 1. The van der Waals surface area contributed by atoms with E-state index in [4.69, 9.17) is 16.3 Å². The number of carboxylic acid groups (broad SMARTS) is 1. The van der Waals surface area contributed by atoms with Crippen LogP contribution in [-0.2, 0) is 30.0 Å². The number of ether oxygens (including phenoxy) is 1. The minimum absolute atomic E-state index is 0.0121. The standard InChI is InChI=1S/C34H27ClF4N6O6S/c1-43-30-26(11-8-22(35)27(30)32(42-43)44(52(3,49)50)16-17-4-6-21(51-2)7-5-17)45-31(41-29-24(39)10-9-23(38)28(29)33(45)46)25(40-34(47)48)14-18-12-19(36)15-20(37)13-18/h4-13,15,25,40H,14,16H2,1-3H3,(H,47,48)/t25-/m0/s1. The van der Waals surface area contributed by atoms with Gasteiger partial charge in [0, 0.05) is 19.5 Å². The molecule has 0 bridgehead atoms. The van der Waals surface area contributed by atoms with Crippen molar-refractivity contribution < 1.29 is 40.6 Å². The minimum atomic E-state index is -4.07. The van der Waals surface area contributed by atoms with Crippen LogP contribution in [0.3, 0.4) is 0 Å². The molecule has 2 heterocycles. The minimum Gasteiger partial charge on any atom is -0.497 e. The van der Waals surface area contributed by atoms with E-state index < -0.39 is 74.1 Å². The molecule has 0 radical (unpaired) electrons. The highest BCUT2D eigenvalue weighted by Crippen LogP contribution is 2.38. The third-order valence-corrected chi connectivity index (χ3v) is 9.60. The average Bonchev–Trinajstić information content (AvgIpc) is 3.41. The van der Waals surface area contributed by atoms with E-state index in [1.807, 2.05) is 0 Å². The fourth-order valence-corrected chi connectivity index (χ4v) is 7.02. The van der Waals surface area contributed by atoms with Crippen LogP contribution in [0.5, 0.6) is 5.75 Å². The summed E-state index contributed by atoms with van der Waals surface area (Å²) in [7, 11) is -1.17. The number of hydrogen-bond acceptors (Lipinski definition) is 7. The van der Waals surface area contributed by atoms with Gasteiger partial charge in [0.25, 0.3) is 5.56 Å². The van der Waals surface area contributed by atoms with Crippen molar-refractivity contribution in [2.45, 2.75) is 19.0 Å². The number of aryl methyl sites for hydroxylation is 1. The molecule has 18 heteroatoms. The van der Waals surface area contributed by atoms with Crippen molar-refractivity contribution in [2.24, 2.45) is 7.05 Å². The van der Waals surface area contributed by atoms with E-state index in [0.29, 0.717) is 17.4 Å². The van der Waals surface area contributed by atoms with Crippen molar-refractivity contribution in [3.8, 4) is 11.4 Å². The van der Waals surface area contributed by atoms with Crippen LogP contribution < -0.4 is 19.9 Å². The van der Waals surface area contributed by atoms with Crippen LogP contribution in [0.2, 0.25) is 5.02 Å². The maximum atomic E-state index is 15.3. The lowest BCUT2D eigenvalue weighted by atomic mass is 10.0. The number of nitrogens with zero attached hydrogens (tertiary/aromatic N) is 5. The third kappa shape index (κ3) is 6.83. The first-order valence-corrected chi connectivity index (χ1v) is 17.4. The number of amides is 1. The Morgan fingerprint density at radius 2 is 1.63 bits per heavy atom. The van der Waals surface area contributed by atoms with Gasteiger partial charge in [-0.15, -0.1) is 0 Å². The quantitative estimate of drug-likeness (QED) is 0.162. The van der Waals surface area contributed by atoms with Crippen molar-refractivity contribution >= 4 is 55.3 Å². The van der Waals surface area contributed by atoms with Gasteiger partial charge in [0.15, 0.2) is 5.82 Å². The predicted molar refractivity (Wildman–Crippen MR) is 185 cm³/mol. The van der Waals surface area contributed by atoms with Crippen molar-refractivity contribution in [1.82, 2.24) is 24.6 Å². The summed E-state index contributed by atoms with van der Waals surface area (Å²) < 4.78 is 93.7. The summed E-state index contributed by atoms with van der Waals surface area (Å²) in [5.41, 5.74) is -1.58. The molecule has 0 aliphatic rings. The van der Waals surface area contributed by atoms with Crippen LogP contribution in [0.15, 0.2) is 71.5 Å². The number of hydrogen-bond donors (Lipinski definition) is 2. The molecule has 0 fully saturated rings. The highest BCUT2D eigenvalue weighted by Gasteiger charge is 2.31. The molecule has 0 aliphatic heterocycles. The summed E-state index contributed by atoms with van der Waals surface area (Å²) in [4.78, 5) is 30.7. The molecule has 6 rings (SSSR count). The first kappa shape index (κ1) is 36.1. The van der Waals surface area contributed by atoms with E-state index in [0.717, 1.165) is 39.4 Å². The molecule has 1 amide bonds. The second-order valence-electron chi connectivity index (χ2n) is 11.7. The number of methoxy groups -OCH3 is 1. The van der Waals surface area contributed by atoms with E-state index in [-0.39, 0.29) is 39.5 Å². The maximum Gasteiger partial charge on any atom is 0.405 e. The van der Waals surface area contributed by atoms with E-state index in [1.165, 1.54) is 31.0 Å². The summed E-state index contributed by atoms with van der Waals surface area (Å²) in [6.45, 7) is -0.211. The number of aromatic nitrogens is 4. The molecule has 270 valence electrons. The van der Waals surface area contributed by atoms with Crippen LogP contribution >= 0.6 is 11.6 Å². The van der Waals surface area contributed by atoms with E-state index >= 15 is 8.78 Å². The topological polar surface area (TPSA) is 149 Å². The Balaban J connectivity index is 1.66. The van der Waals surface area contributed by atoms with Gasteiger partial charge in [0.05, 0.1) is 47.6 Å². The third-order valence-electron chi connectivity index (χ3n) is 8.18. The van der Waals surface area contributed by atoms with Crippen molar-refractivity contribution in [3.05, 3.63) is 122 Å². The number of anilines is 1. The Morgan fingerprint density at radius 1 is 0.981 bits per heavy atom. The number of carbonyl (C=O) groups is 1. The van der Waals surface area contributed by atoms with Gasteiger partial charge in [-0.25, -0.2) is 40.1 Å². The monoisotopic (exact) mass is 758 g/mol. The van der Waals surface area contributed by atoms with Crippen molar-refractivity contribution in [2.75, 3.05) is 17.7 Å². The SMILES string of the molecule is COc1ccc(CN(c2nn(C)c3c(-n4c([C@H](Cc5cc(F)cc(F)c5)NC(=O)O)nc5c(F)ccc(F)c5c4=O)ccc(Cl)c23)S(C)(=O)=O)cc1. The number of rotatable bonds is 10. The number of fused-ring (bicyclic) bond motifs is 2. The van der Waals surface area contributed by atoms with Crippen LogP contribution in [0, 0.1) is 23.3 Å². The molecule has 2 aromatic heterocycles. The molecule has 0 saturated heterocycles. The van der Waals surface area contributed by atoms with Crippen LogP contribution in [-0.4, -0.2) is 52.3 Å². The summed E-state index contributed by atoms with van der Waals surface area (Å²) in [5, 5.41) is 15.6. The molecule has 0 aliphatic carbocycles. The van der Waals surface area contributed by atoms with Crippen LogP contribution in [0.4, 0.5) is 28.2 Å². The molecule has 2 N–H and O–H groups in total. The van der Waals surface area contributed by atoms with E-state index in [1.54, 1.807) is 24.3 Å². The Bertz CT molecular complexity index is 2550. The normalized spacial score (nSPS) is 12.3. The van der Waals surface area contributed by atoms with Crippen LogP contribution in [0.25, 0.3) is 27.5 Å². The molecule has 12 nitrogen and oxygen atoms in total. The van der Waals surface area contributed by atoms with Gasteiger partial charge in [0.2, 0.25) is 10.0 Å². The summed E-state index contributed by atoms with van der Waals surface area (Å²) in [6.07, 6.45) is -1.19. The molecule has 0 saturated carbocycles. The first-order chi connectivity index (χ1) is 24.6. The van der Waals surface area contributed by atoms with Gasteiger partial charge in [-0.05, 0) is 59.7 Å². The Labute approximate surface area is 297 Å².